The van der Waals surface area contributed by atoms with Gasteiger partial charge in [0, 0.05) is 16.0 Å². The molecule has 0 saturated heterocycles. The standard InChI is InChI=1S/C17H12ClNO3S/c18-13-4-6-14(7-5-13)22-9-11-2-1-3-12(8-11)16-19-15(10-23-16)17(20)21/h1-8,10H,9H2,(H,20,21). The van der Waals surface area contributed by atoms with Gasteiger partial charge in [-0.25, -0.2) is 9.78 Å². The number of hydrogen-bond acceptors (Lipinski definition) is 4. The van der Waals surface area contributed by atoms with Crippen LogP contribution in [0, 0.1) is 0 Å². The number of hydrogen-bond donors (Lipinski definition) is 1. The molecule has 23 heavy (non-hydrogen) atoms. The summed E-state index contributed by atoms with van der Waals surface area (Å²) < 4.78 is 5.71. The summed E-state index contributed by atoms with van der Waals surface area (Å²) in [7, 11) is 0. The average molecular weight is 346 g/mol. The summed E-state index contributed by atoms with van der Waals surface area (Å²) in [5, 5.41) is 11.8. The quantitative estimate of drug-likeness (QED) is 0.725. The van der Waals surface area contributed by atoms with Crippen molar-refractivity contribution >= 4 is 28.9 Å². The molecule has 0 unspecified atom stereocenters. The molecular formula is C17H12ClNO3S. The minimum absolute atomic E-state index is 0.0628. The van der Waals surface area contributed by atoms with Gasteiger partial charge < -0.3 is 9.84 Å². The Labute approximate surface area is 142 Å². The average Bonchev–Trinajstić information content (AvgIpc) is 3.05. The summed E-state index contributed by atoms with van der Waals surface area (Å²) in [5.41, 5.74) is 1.91. The number of nitrogens with zero attached hydrogens (tertiary/aromatic N) is 1. The molecule has 2 aromatic carbocycles. The number of benzene rings is 2. The Morgan fingerprint density at radius 3 is 2.70 bits per heavy atom. The van der Waals surface area contributed by atoms with Crippen molar-refractivity contribution in [1.29, 1.82) is 0 Å². The van der Waals surface area contributed by atoms with E-state index in [-0.39, 0.29) is 5.69 Å². The zero-order chi connectivity index (χ0) is 16.2. The van der Waals surface area contributed by atoms with Crippen LogP contribution in [0.4, 0.5) is 0 Å². The summed E-state index contributed by atoms with van der Waals surface area (Å²) >= 11 is 7.15. The van der Waals surface area contributed by atoms with Crippen LogP contribution < -0.4 is 4.74 Å². The van der Waals surface area contributed by atoms with Crippen molar-refractivity contribution in [2.45, 2.75) is 6.61 Å². The van der Waals surface area contributed by atoms with Gasteiger partial charge in [0.2, 0.25) is 0 Å². The van der Waals surface area contributed by atoms with Gasteiger partial charge in [0.25, 0.3) is 0 Å². The van der Waals surface area contributed by atoms with E-state index < -0.39 is 5.97 Å². The van der Waals surface area contributed by atoms with E-state index in [2.05, 4.69) is 4.98 Å². The van der Waals surface area contributed by atoms with Crippen LogP contribution in [0.1, 0.15) is 16.1 Å². The molecule has 0 atom stereocenters. The highest BCUT2D eigenvalue weighted by molar-refractivity contribution is 7.13. The highest BCUT2D eigenvalue weighted by Gasteiger charge is 2.10. The number of carboxylic acids is 1. The van der Waals surface area contributed by atoms with Gasteiger partial charge in [-0.2, -0.15) is 0 Å². The third-order valence-electron chi connectivity index (χ3n) is 3.12. The first-order valence-electron chi connectivity index (χ1n) is 6.78. The van der Waals surface area contributed by atoms with Crippen molar-refractivity contribution in [1.82, 2.24) is 4.98 Å². The van der Waals surface area contributed by atoms with Crippen molar-refractivity contribution in [3.05, 3.63) is 70.2 Å². The summed E-state index contributed by atoms with van der Waals surface area (Å²) in [6, 6.07) is 14.9. The molecule has 0 aliphatic heterocycles. The number of aromatic carboxylic acids is 1. The van der Waals surface area contributed by atoms with E-state index in [1.165, 1.54) is 16.7 Å². The first-order valence-corrected chi connectivity index (χ1v) is 8.04. The van der Waals surface area contributed by atoms with Crippen molar-refractivity contribution in [2.24, 2.45) is 0 Å². The van der Waals surface area contributed by atoms with Crippen LogP contribution in [0.15, 0.2) is 53.9 Å². The van der Waals surface area contributed by atoms with Gasteiger partial charge >= 0.3 is 5.97 Å². The smallest absolute Gasteiger partial charge is 0.355 e. The van der Waals surface area contributed by atoms with Crippen molar-refractivity contribution in [3.63, 3.8) is 0 Å². The van der Waals surface area contributed by atoms with E-state index in [4.69, 9.17) is 21.4 Å². The molecule has 6 heteroatoms. The molecule has 1 aromatic heterocycles. The van der Waals surface area contributed by atoms with Crippen molar-refractivity contribution in [3.8, 4) is 16.3 Å². The second kappa shape index (κ2) is 6.81. The predicted octanol–water partition coefficient (Wildman–Crippen LogP) is 4.74. The highest BCUT2D eigenvalue weighted by atomic mass is 35.5. The Morgan fingerprint density at radius 1 is 1.22 bits per heavy atom. The van der Waals surface area contributed by atoms with Crippen molar-refractivity contribution < 1.29 is 14.6 Å². The largest absolute Gasteiger partial charge is 0.489 e. The Kier molecular flexibility index (Phi) is 4.60. The summed E-state index contributed by atoms with van der Waals surface area (Å²) in [6.07, 6.45) is 0. The van der Waals surface area contributed by atoms with E-state index in [9.17, 15) is 4.79 Å². The Morgan fingerprint density at radius 2 is 2.00 bits per heavy atom. The van der Waals surface area contributed by atoms with Crippen LogP contribution in [0.2, 0.25) is 5.02 Å². The number of carbonyl (C=O) groups is 1. The van der Waals surface area contributed by atoms with Crippen LogP contribution >= 0.6 is 22.9 Å². The molecule has 0 aliphatic carbocycles. The van der Waals surface area contributed by atoms with Gasteiger partial charge in [-0.1, -0.05) is 29.8 Å². The van der Waals surface area contributed by atoms with E-state index in [0.717, 1.165) is 16.9 Å². The van der Waals surface area contributed by atoms with E-state index in [1.807, 2.05) is 36.4 Å². The summed E-state index contributed by atoms with van der Waals surface area (Å²) in [6.45, 7) is 0.409. The zero-order valence-corrected chi connectivity index (χ0v) is 13.5. The predicted molar refractivity (Wildman–Crippen MR) is 90.3 cm³/mol. The first-order chi connectivity index (χ1) is 11.1. The molecule has 0 amide bonds. The molecule has 116 valence electrons. The van der Waals surface area contributed by atoms with Gasteiger partial charge in [-0.05, 0) is 35.9 Å². The number of carboxylic acid groups (broad SMARTS) is 1. The van der Waals surface area contributed by atoms with E-state index >= 15 is 0 Å². The molecule has 4 nitrogen and oxygen atoms in total. The summed E-state index contributed by atoms with van der Waals surface area (Å²) in [5.74, 6) is -0.281. The second-order valence-electron chi connectivity index (χ2n) is 4.79. The van der Waals surface area contributed by atoms with Crippen molar-refractivity contribution in [2.75, 3.05) is 0 Å². The molecule has 0 radical (unpaired) electrons. The normalized spacial score (nSPS) is 10.5. The molecule has 0 aliphatic rings. The van der Waals surface area contributed by atoms with Crippen LogP contribution in [0.3, 0.4) is 0 Å². The third-order valence-corrected chi connectivity index (χ3v) is 4.26. The highest BCUT2D eigenvalue weighted by Crippen LogP contribution is 2.25. The molecule has 1 heterocycles. The lowest BCUT2D eigenvalue weighted by Crippen LogP contribution is -1.96. The molecule has 3 rings (SSSR count). The molecule has 0 spiro atoms. The topological polar surface area (TPSA) is 59.4 Å². The fourth-order valence-electron chi connectivity index (χ4n) is 2.00. The monoisotopic (exact) mass is 345 g/mol. The lowest BCUT2D eigenvalue weighted by atomic mass is 10.1. The maximum Gasteiger partial charge on any atom is 0.355 e. The Balaban J connectivity index is 1.74. The zero-order valence-electron chi connectivity index (χ0n) is 11.9. The lowest BCUT2D eigenvalue weighted by molar-refractivity contribution is 0.0691. The van der Waals surface area contributed by atoms with E-state index in [1.54, 1.807) is 12.1 Å². The number of ether oxygens (including phenoxy) is 1. The van der Waals surface area contributed by atoms with Gasteiger partial charge in [0.1, 0.15) is 17.4 Å². The molecular weight excluding hydrogens is 334 g/mol. The molecule has 0 fully saturated rings. The van der Waals surface area contributed by atoms with Gasteiger partial charge in [0.15, 0.2) is 5.69 Å². The second-order valence-corrected chi connectivity index (χ2v) is 6.08. The fraction of sp³-hybridized carbons (Fsp3) is 0.0588. The first kappa shape index (κ1) is 15.5. The third kappa shape index (κ3) is 3.88. The Bertz CT molecular complexity index is 830. The minimum atomic E-state index is -1.02. The fourth-order valence-corrected chi connectivity index (χ4v) is 2.91. The Hall–Kier alpha value is -2.37. The van der Waals surface area contributed by atoms with Crippen LogP contribution in [-0.4, -0.2) is 16.1 Å². The minimum Gasteiger partial charge on any atom is -0.489 e. The molecule has 0 bridgehead atoms. The number of halogens is 1. The summed E-state index contributed by atoms with van der Waals surface area (Å²) in [4.78, 5) is 15.0. The van der Waals surface area contributed by atoms with Crippen LogP contribution in [-0.2, 0) is 6.61 Å². The number of rotatable bonds is 5. The van der Waals surface area contributed by atoms with E-state index in [0.29, 0.717) is 16.6 Å². The lowest BCUT2D eigenvalue weighted by Gasteiger charge is -2.07. The molecule has 0 saturated carbocycles. The number of thiazole rings is 1. The van der Waals surface area contributed by atoms with Gasteiger partial charge in [0.05, 0.1) is 0 Å². The van der Waals surface area contributed by atoms with Gasteiger partial charge in [-0.3, -0.25) is 0 Å². The SMILES string of the molecule is O=C(O)c1csc(-c2cccc(COc3ccc(Cl)cc3)c2)n1. The molecule has 1 N–H and O–H groups in total. The maximum absolute atomic E-state index is 10.9. The number of aromatic nitrogens is 1. The van der Waals surface area contributed by atoms with Crippen LogP contribution in [0.5, 0.6) is 5.75 Å². The maximum atomic E-state index is 10.9. The van der Waals surface area contributed by atoms with Gasteiger partial charge in [-0.15, -0.1) is 11.3 Å². The molecule has 3 aromatic rings. The van der Waals surface area contributed by atoms with Crippen LogP contribution in [0.25, 0.3) is 10.6 Å².